The Balaban J connectivity index is 2.72. The van der Waals surface area contributed by atoms with E-state index < -0.39 is 0 Å². The lowest BCUT2D eigenvalue weighted by Gasteiger charge is -2.20. The van der Waals surface area contributed by atoms with E-state index in [1.807, 2.05) is 6.92 Å². The van der Waals surface area contributed by atoms with Gasteiger partial charge in [-0.2, -0.15) is 0 Å². The molecule has 0 aromatic heterocycles. The van der Waals surface area contributed by atoms with Crippen molar-refractivity contribution in [1.29, 1.82) is 0 Å². The van der Waals surface area contributed by atoms with Crippen molar-refractivity contribution in [2.24, 2.45) is 0 Å². The van der Waals surface area contributed by atoms with Crippen LogP contribution in [0.4, 0.5) is 0 Å². The van der Waals surface area contributed by atoms with Crippen molar-refractivity contribution in [3.05, 3.63) is 35.4 Å². The molecule has 94 valence electrons. The molecule has 0 bridgehead atoms. The topological polar surface area (TPSA) is 41.1 Å². The van der Waals surface area contributed by atoms with Gasteiger partial charge in [-0.15, -0.1) is 0 Å². The van der Waals surface area contributed by atoms with Crippen LogP contribution in [0, 0.1) is 6.92 Å². The highest BCUT2D eigenvalue weighted by atomic mass is 16.2. The predicted octanol–water partition coefficient (Wildman–Crippen LogP) is 2.17. The summed E-state index contributed by atoms with van der Waals surface area (Å²) >= 11 is 0. The number of nitrogens with one attached hydrogen (secondary N) is 2. The van der Waals surface area contributed by atoms with Gasteiger partial charge in [0.1, 0.15) is 0 Å². The van der Waals surface area contributed by atoms with Crippen molar-refractivity contribution < 1.29 is 4.79 Å². The number of amides is 1. The molecule has 1 rings (SSSR count). The van der Waals surface area contributed by atoms with Crippen LogP contribution in [0.15, 0.2) is 24.3 Å². The minimum Gasteiger partial charge on any atom is -0.348 e. The van der Waals surface area contributed by atoms with E-state index in [0.29, 0.717) is 0 Å². The van der Waals surface area contributed by atoms with E-state index in [2.05, 4.69) is 48.7 Å². The predicted molar refractivity (Wildman–Crippen MR) is 70.9 cm³/mol. The Hall–Kier alpha value is -1.35. The number of carbonyl (C=O) groups excluding carboxylic acids is 1. The Morgan fingerprint density at radius 3 is 2.35 bits per heavy atom. The summed E-state index contributed by atoms with van der Waals surface area (Å²) in [5, 5.41) is 5.99. The SMILES string of the molecule is CCC(NC(=O)C(C)NC)c1ccc(C)cc1. The molecule has 3 heteroatoms. The first-order chi connectivity index (χ1) is 8.08. The van der Waals surface area contributed by atoms with E-state index in [0.717, 1.165) is 12.0 Å². The Labute approximate surface area is 104 Å². The Morgan fingerprint density at radius 2 is 1.88 bits per heavy atom. The highest BCUT2D eigenvalue weighted by Gasteiger charge is 2.16. The number of benzene rings is 1. The lowest BCUT2D eigenvalue weighted by molar-refractivity contribution is -0.123. The lowest BCUT2D eigenvalue weighted by Crippen LogP contribution is -2.41. The van der Waals surface area contributed by atoms with Gasteiger partial charge in [0.2, 0.25) is 5.91 Å². The lowest BCUT2D eigenvalue weighted by atomic mass is 10.0. The summed E-state index contributed by atoms with van der Waals surface area (Å²) in [6, 6.07) is 8.24. The molecule has 0 heterocycles. The van der Waals surface area contributed by atoms with Crippen LogP contribution in [-0.4, -0.2) is 19.0 Å². The van der Waals surface area contributed by atoms with Crippen LogP contribution in [0.5, 0.6) is 0 Å². The minimum absolute atomic E-state index is 0.0416. The quantitative estimate of drug-likeness (QED) is 0.820. The summed E-state index contributed by atoms with van der Waals surface area (Å²) in [5.41, 5.74) is 2.40. The molecule has 17 heavy (non-hydrogen) atoms. The van der Waals surface area contributed by atoms with Crippen LogP contribution >= 0.6 is 0 Å². The fraction of sp³-hybridized carbons (Fsp3) is 0.500. The molecule has 0 fully saturated rings. The third kappa shape index (κ3) is 3.86. The largest absolute Gasteiger partial charge is 0.348 e. The molecule has 0 saturated heterocycles. The number of aryl methyl sites for hydroxylation is 1. The van der Waals surface area contributed by atoms with Crippen molar-refractivity contribution in [1.82, 2.24) is 10.6 Å². The normalized spacial score (nSPS) is 14.1. The minimum atomic E-state index is -0.158. The standard InChI is InChI=1S/C14H22N2O/c1-5-13(16-14(17)11(3)15-4)12-8-6-10(2)7-9-12/h6-9,11,13,15H,5H2,1-4H3,(H,16,17). The number of likely N-dealkylation sites (N-methyl/N-ethyl adjacent to an activating group) is 1. The van der Waals surface area contributed by atoms with Crippen LogP contribution in [0.2, 0.25) is 0 Å². The molecule has 0 aliphatic heterocycles. The Morgan fingerprint density at radius 1 is 1.29 bits per heavy atom. The van der Waals surface area contributed by atoms with Crippen molar-refractivity contribution in [3.63, 3.8) is 0 Å². The van der Waals surface area contributed by atoms with Crippen LogP contribution in [0.3, 0.4) is 0 Å². The molecule has 2 unspecified atom stereocenters. The maximum Gasteiger partial charge on any atom is 0.237 e. The molecule has 0 spiro atoms. The Kier molecular flexibility index (Phi) is 5.16. The monoisotopic (exact) mass is 234 g/mol. The van der Waals surface area contributed by atoms with Gasteiger partial charge in [0.05, 0.1) is 12.1 Å². The van der Waals surface area contributed by atoms with Gasteiger partial charge >= 0.3 is 0 Å². The molecule has 1 amide bonds. The smallest absolute Gasteiger partial charge is 0.237 e. The molecule has 0 saturated carbocycles. The van der Waals surface area contributed by atoms with E-state index in [1.54, 1.807) is 7.05 Å². The number of rotatable bonds is 5. The molecule has 0 aliphatic carbocycles. The molecule has 0 aliphatic rings. The van der Waals surface area contributed by atoms with Crippen molar-refractivity contribution in [2.45, 2.75) is 39.3 Å². The zero-order chi connectivity index (χ0) is 12.8. The van der Waals surface area contributed by atoms with E-state index >= 15 is 0 Å². The van der Waals surface area contributed by atoms with Gasteiger partial charge in [-0.1, -0.05) is 36.8 Å². The molecule has 2 N–H and O–H groups in total. The molecule has 0 radical (unpaired) electrons. The fourth-order valence-electron chi connectivity index (χ4n) is 1.65. The van der Waals surface area contributed by atoms with Crippen LogP contribution in [0.25, 0.3) is 0 Å². The first-order valence-corrected chi connectivity index (χ1v) is 6.12. The average molecular weight is 234 g/mol. The third-order valence-corrected chi connectivity index (χ3v) is 3.03. The number of carbonyl (C=O) groups is 1. The van der Waals surface area contributed by atoms with Gasteiger partial charge in [0.15, 0.2) is 0 Å². The van der Waals surface area contributed by atoms with Gasteiger partial charge < -0.3 is 10.6 Å². The van der Waals surface area contributed by atoms with E-state index in [9.17, 15) is 4.79 Å². The summed E-state index contributed by atoms with van der Waals surface area (Å²) in [5.74, 6) is 0.0416. The zero-order valence-corrected chi connectivity index (χ0v) is 11.1. The molecular weight excluding hydrogens is 212 g/mol. The van der Waals surface area contributed by atoms with Crippen molar-refractivity contribution in [3.8, 4) is 0 Å². The van der Waals surface area contributed by atoms with Crippen LogP contribution in [-0.2, 0) is 4.79 Å². The summed E-state index contributed by atoms with van der Waals surface area (Å²) in [7, 11) is 1.79. The number of hydrogen-bond donors (Lipinski definition) is 2. The molecule has 3 nitrogen and oxygen atoms in total. The molecule has 1 aromatic rings. The maximum absolute atomic E-state index is 11.8. The van der Waals surface area contributed by atoms with Gasteiger partial charge in [-0.05, 0) is 32.9 Å². The summed E-state index contributed by atoms with van der Waals surface area (Å²) in [4.78, 5) is 11.8. The molecule has 2 atom stereocenters. The van der Waals surface area contributed by atoms with Crippen LogP contribution in [0.1, 0.15) is 37.4 Å². The number of hydrogen-bond acceptors (Lipinski definition) is 2. The average Bonchev–Trinajstić information content (AvgIpc) is 2.35. The highest BCUT2D eigenvalue weighted by molar-refractivity contribution is 5.81. The van der Waals surface area contributed by atoms with E-state index in [1.165, 1.54) is 5.56 Å². The van der Waals surface area contributed by atoms with Crippen LogP contribution < -0.4 is 10.6 Å². The van der Waals surface area contributed by atoms with E-state index in [4.69, 9.17) is 0 Å². The third-order valence-electron chi connectivity index (χ3n) is 3.03. The second-order valence-electron chi connectivity index (χ2n) is 4.39. The zero-order valence-electron chi connectivity index (χ0n) is 11.1. The van der Waals surface area contributed by atoms with Gasteiger partial charge in [0.25, 0.3) is 0 Å². The first-order valence-electron chi connectivity index (χ1n) is 6.12. The van der Waals surface area contributed by atoms with Gasteiger partial charge in [0, 0.05) is 0 Å². The molecular formula is C14H22N2O. The maximum atomic E-state index is 11.8. The van der Waals surface area contributed by atoms with E-state index in [-0.39, 0.29) is 18.0 Å². The summed E-state index contributed by atoms with van der Waals surface area (Å²) < 4.78 is 0. The second kappa shape index (κ2) is 6.40. The van der Waals surface area contributed by atoms with Gasteiger partial charge in [-0.3, -0.25) is 4.79 Å². The first kappa shape index (κ1) is 13.7. The molecule has 1 aromatic carbocycles. The summed E-state index contributed by atoms with van der Waals surface area (Å²) in [6.45, 7) is 6.00. The highest BCUT2D eigenvalue weighted by Crippen LogP contribution is 2.17. The van der Waals surface area contributed by atoms with Crippen molar-refractivity contribution >= 4 is 5.91 Å². The van der Waals surface area contributed by atoms with Gasteiger partial charge in [-0.25, -0.2) is 0 Å². The fourth-order valence-corrected chi connectivity index (χ4v) is 1.65. The Bertz CT molecular complexity index is 359. The van der Waals surface area contributed by atoms with Crippen molar-refractivity contribution in [2.75, 3.05) is 7.05 Å². The summed E-state index contributed by atoms with van der Waals surface area (Å²) in [6.07, 6.45) is 0.894. The second-order valence-corrected chi connectivity index (χ2v) is 4.39.